The van der Waals surface area contributed by atoms with Crippen molar-refractivity contribution in [2.75, 3.05) is 53.1 Å². The predicted octanol–water partition coefficient (Wildman–Crippen LogP) is 2.16. The van der Waals surface area contributed by atoms with Crippen LogP contribution >= 0.6 is 0 Å². The van der Waals surface area contributed by atoms with E-state index in [0.29, 0.717) is 25.4 Å². The average molecular weight is 479 g/mol. The highest BCUT2D eigenvalue weighted by atomic mass is 19.1. The largest absolute Gasteiger partial charge is 0.491 e. The Hall–Kier alpha value is -2.59. The van der Waals surface area contributed by atoms with Crippen molar-refractivity contribution in [2.24, 2.45) is 0 Å². The lowest BCUT2D eigenvalue weighted by Crippen LogP contribution is -2.39. The number of amides is 1. The molecular weight excluding hydrogens is 446 g/mol. The van der Waals surface area contributed by atoms with Gasteiger partial charge in [0.2, 0.25) is 5.91 Å². The molecule has 0 bridgehead atoms. The normalized spacial score (nSPS) is 17.0. The first-order chi connectivity index (χ1) is 16.4. The van der Waals surface area contributed by atoms with E-state index in [4.69, 9.17) is 19.7 Å². The van der Waals surface area contributed by atoms with Gasteiger partial charge in [-0.3, -0.25) is 9.69 Å². The van der Waals surface area contributed by atoms with Gasteiger partial charge in [-0.25, -0.2) is 8.78 Å². The van der Waals surface area contributed by atoms with Crippen molar-refractivity contribution in [3.63, 3.8) is 0 Å². The van der Waals surface area contributed by atoms with E-state index in [9.17, 15) is 13.6 Å². The molecule has 34 heavy (non-hydrogen) atoms. The summed E-state index contributed by atoms with van der Waals surface area (Å²) < 4.78 is 38.5. The molecule has 0 saturated carbocycles. The second kappa shape index (κ2) is 12.8. The minimum Gasteiger partial charge on any atom is -0.491 e. The van der Waals surface area contributed by atoms with Gasteiger partial charge in [0.15, 0.2) is 0 Å². The van der Waals surface area contributed by atoms with Crippen molar-refractivity contribution in [3.05, 3.63) is 65.2 Å². The van der Waals surface area contributed by atoms with E-state index in [1.165, 1.54) is 6.07 Å². The van der Waals surface area contributed by atoms with Gasteiger partial charge in [0.1, 0.15) is 24.0 Å². The lowest BCUT2D eigenvalue weighted by Gasteiger charge is -2.32. The van der Waals surface area contributed by atoms with Gasteiger partial charge in [-0.15, -0.1) is 0 Å². The number of benzene rings is 2. The fourth-order valence-electron chi connectivity index (χ4n) is 4.09. The standard InChI is InChI=1S/C25H32F2N2O5/c1-28(25(32)14-19-2-5-20(26)15-23(19)27)24(17-29-9-8-22(16-29)34-13-11-31)18-3-6-21(7-4-18)33-12-10-30/h2-7,15,22,24,30-31H,8-14,16-17H2,1H3/t22-,24+/m0/s1. The van der Waals surface area contributed by atoms with Crippen LogP contribution in [0.4, 0.5) is 8.78 Å². The van der Waals surface area contributed by atoms with Gasteiger partial charge in [0.05, 0.1) is 38.4 Å². The molecule has 1 saturated heterocycles. The van der Waals surface area contributed by atoms with Crippen LogP contribution in [0.3, 0.4) is 0 Å². The Morgan fingerprint density at radius 2 is 1.88 bits per heavy atom. The van der Waals surface area contributed by atoms with Gasteiger partial charge in [-0.2, -0.15) is 0 Å². The molecule has 2 atom stereocenters. The number of ether oxygens (including phenoxy) is 2. The van der Waals surface area contributed by atoms with E-state index < -0.39 is 11.6 Å². The number of hydrogen-bond donors (Lipinski definition) is 2. The molecule has 0 radical (unpaired) electrons. The SMILES string of the molecule is CN(C(=O)Cc1ccc(F)cc1F)[C@H](CN1CC[C@H](OCCO)C1)c1ccc(OCCO)cc1. The van der Waals surface area contributed by atoms with Crippen molar-refractivity contribution in [2.45, 2.75) is 25.0 Å². The zero-order chi connectivity index (χ0) is 24.5. The van der Waals surface area contributed by atoms with Gasteiger partial charge < -0.3 is 24.6 Å². The van der Waals surface area contributed by atoms with E-state index in [0.717, 1.165) is 30.7 Å². The Labute approximate surface area is 198 Å². The molecule has 186 valence electrons. The van der Waals surface area contributed by atoms with Crippen molar-refractivity contribution in [1.82, 2.24) is 9.80 Å². The molecule has 9 heteroatoms. The van der Waals surface area contributed by atoms with Crippen LogP contribution < -0.4 is 4.74 Å². The second-order valence-corrected chi connectivity index (χ2v) is 8.34. The van der Waals surface area contributed by atoms with E-state index in [1.54, 1.807) is 24.1 Å². The second-order valence-electron chi connectivity index (χ2n) is 8.34. The Kier molecular flexibility index (Phi) is 9.76. The minimum atomic E-state index is -0.743. The highest BCUT2D eigenvalue weighted by Crippen LogP contribution is 2.26. The summed E-state index contributed by atoms with van der Waals surface area (Å²) in [4.78, 5) is 16.9. The van der Waals surface area contributed by atoms with Gasteiger partial charge in [0.25, 0.3) is 0 Å². The summed E-state index contributed by atoms with van der Waals surface area (Å²) in [6.45, 7) is 2.38. The molecule has 1 fully saturated rings. The number of carbonyl (C=O) groups is 1. The van der Waals surface area contributed by atoms with E-state index in [2.05, 4.69) is 4.90 Å². The third-order valence-electron chi connectivity index (χ3n) is 5.95. The number of aliphatic hydroxyl groups is 2. The fraction of sp³-hybridized carbons (Fsp3) is 0.480. The minimum absolute atomic E-state index is 0.0244. The summed E-state index contributed by atoms with van der Waals surface area (Å²) in [5, 5.41) is 17.9. The summed E-state index contributed by atoms with van der Waals surface area (Å²) in [6, 6.07) is 10.2. The van der Waals surface area contributed by atoms with E-state index in [1.807, 2.05) is 12.1 Å². The van der Waals surface area contributed by atoms with Gasteiger partial charge >= 0.3 is 0 Å². The summed E-state index contributed by atoms with van der Waals surface area (Å²) in [6.07, 6.45) is 0.675. The van der Waals surface area contributed by atoms with Crippen LogP contribution in [0.5, 0.6) is 5.75 Å². The van der Waals surface area contributed by atoms with Crippen LogP contribution in [0.2, 0.25) is 0 Å². The molecule has 3 rings (SSSR count). The molecule has 2 aromatic rings. The van der Waals surface area contributed by atoms with E-state index >= 15 is 0 Å². The summed E-state index contributed by atoms with van der Waals surface area (Å²) >= 11 is 0. The first-order valence-electron chi connectivity index (χ1n) is 11.4. The molecule has 2 N–H and O–H groups in total. The zero-order valence-corrected chi connectivity index (χ0v) is 19.3. The Balaban J connectivity index is 1.75. The molecule has 1 heterocycles. The van der Waals surface area contributed by atoms with Crippen LogP contribution in [-0.4, -0.2) is 85.1 Å². The third-order valence-corrected chi connectivity index (χ3v) is 5.95. The lowest BCUT2D eigenvalue weighted by atomic mass is 10.0. The highest BCUT2D eigenvalue weighted by Gasteiger charge is 2.29. The number of carbonyl (C=O) groups excluding carboxylic acids is 1. The Bertz CT molecular complexity index is 928. The first-order valence-corrected chi connectivity index (χ1v) is 11.4. The van der Waals surface area contributed by atoms with Crippen molar-refractivity contribution in [1.29, 1.82) is 0 Å². The first kappa shape index (κ1) is 26.0. The summed E-state index contributed by atoms with van der Waals surface area (Å²) in [5.74, 6) is -1.11. The molecule has 1 aliphatic heterocycles. The number of hydrogen-bond acceptors (Lipinski definition) is 6. The van der Waals surface area contributed by atoms with Gasteiger partial charge in [0, 0.05) is 32.7 Å². The molecule has 2 aromatic carbocycles. The highest BCUT2D eigenvalue weighted by molar-refractivity contribution is 5.79. The summed E-state index contributed by atoms with van der Waals surface area (Å²) in [5.41, 5.74) is 1.02. The fourth-order valence-corrected chi connectivity index (χ4v) is 4.09. The van der Waals surface area contributed by atoms with Crippen molar-refractivity contribution in [3.8, 4) is 5.75 Å². The average Bonchev–Trinajstić information content (AvgIpc) is 3.29. The number of likely N-dealkylation sites (tertiary alicyclic amines) is 1. The van der Waals surface area contributed by atoms with Crippen LogP contribution in [0.1, 0.15) is 23.6 Å². The number of rotatable bonds is 12. The molecule has 1 aliphatic rings. The number of nitrogens with zero attached hydrogens (tertiary/aromatic N) is 2. The molecule has 0 unspecified atom stereocenters. The number of halogens is 2. The van der Waals surface area contributed by atoms with Gasteiger partial charge in [-0.05, 0) is 35.7 Å². The molecular formula is C25H32F2N2O5. The van der Waals surface area contributed by atoms with Crippen LogP contribution in [-0.2, 0) is 16.0 Å². The molecule has 0 spiro atoms. The maximum absolute atomic E-state index is 14.1. The van der Waals surface area contributed by atoms with Crippen molar-refractivity contribution < 1.29 is 33.3 Å². The van der Waals surface area contributed by atoms with Crippen molar-refractivity contribution >= 4 is 5.91 Å². The lowest BCUT2D eigenvalue weighted by molar-refractivity contribution is -0.131. The van der Waals surface area contributed by atoms with Crippen LogP contribution in [0.25, 0.3) is 0 Å². The monoisotopic (exact) mass is 478 g/mol. The Morgan fingerprint density at radius 3 is 2.56 bits per heavy atom. The molecule has 1 amide bonds. The predicted molar refractivity (Wildman–Crippen MR) is 122 cm³/mol. The third kappa shape index (κ3) is 7.20. The maximum Gasteiger partial charge on any atom is 0.227 e. The quantitative estimate of drug-likeness (QED) is 0.487. The topological polar surface area (TPSA) is 82.5 Å². The van der Waals surface area contributed by atoms with Crippen LogP contribution in [0.15, 0.2) is 42.5 Å². The molecule has 0 aromatic heterocycles. The number of aliphatic hydroxyl groups excluding tert-OH is 2. The number of likely N-dealkylation sites (N-methyl/N-ethyl adjacent to an activating group) is 1. The van der Waals surface area contributed by atoms with Gasteiger partial charge in [-0.1, -0.05) is 18.2 Å². The Morgan fingerprint density at radius 1 is 1.15 bits per heavy atom. The molecule has 7 nitrogen and oxygen atoms in total. The van der Waals surface area contributed by atoms with Crippen LogP contribution in [0, 0.1) is 11.6 Å². The molecule has 0 aliphatic carbocycles. The maximum atomic E-state index is 14.1. The smallest absolute Gasteiger partial charge is 0.227 e. The zero-order valence-electron chi connectivity index (χ0n) is 19.3. The summed E-state index contributed by atoms with van der Waals surface area (Å²) in [7, 11) is 1.68. The van der Waals surface area contributed by atoms with E-state index in [-0.39, 0.29) is 49.9 Å².